The van der Waals surface area contributed by atoms with Crippen molar-refractivity contribution in [3.8, 4) is 0 Å². The first kappa shape index (κ1) is 18.2. The number of nitrogens with one attached hydrogen (secondary N) is 1. The Morgan fingerprint density at radius 2 is 2.00 bits per heavy atom. The Morgan fingerprint density at radius 3 is 2.83 bits per heavy atom. The van der Waals surface area contributed by atoms with Crippen LogP contribution < -0.4 is 9.62 Å². The largest absolute Gasteiger partial charge is 0.349 e. The Hall–Kier alpha value is -2.84. The van der Waals surface area contributed by atoms with E-state index in [1.807, 2.05) is 29.6 Å². The van der Waals surface area contributed by atoms with E-state index in [1.165, 1.54) is 16.9 Å². The molecule has 0 saturated carbocycles. The van der Waals surface area contributed by atoms with E-state index in [9.17, 15) is 4.21 Å². The van der Waals surface area contributed by atoms with Crippen molar-refractivity contribution in [3.05, 3.63) is 72.0 Å². The van der Waals surface area contributed by atoms with Crippen LogP contribution in [0.15, 0.2) is 71.3 Å². The van der Waals surface area contributed by atoms with Gasteiger partial charge in [0.15, 0.2) is 16.1 Å². The number of anilines is 2. The number of hydrogen-bond acceptors (Lipinski definition) is 6. The van der Waals surface area contributed by atoms with Gasteiger partial charge >= 0.3 is 0 Å². The standard InChI is InChI=1S/C21H19N5OS2/c27-29(25-21-22-10-12-28-21)16-8-9-17-18(13-16)23-14-24-20(17)26-11-4-7-19(26)15-5-2-1-3-6-15/h1-3,5-6,8-10,12-14,19H,4,7,11H2,(H,22,25). The summed E-state index contributed by atoms with van der Waals surface area (Å²) in [6.45, 7) is 0.963. The first-order valence-electron chi connectivity index (χ1n) is 9.44. The second-order valence-corrected chi connectivity index (χ2v) is 8.95. The molecule has 0 amide bonds. The maximum Gasteiger partial charge on any atom is 0.194 e. The van der Waals surface area contributed by atoms with Crippen molar-refractivity contribution in [1.82, 2.24) is 15.0 Å². The molecule has 8 heteroatoms. The molecule has 1 N–H and O–H groups in total. The average Bonchev–Trinajstić information content (AvgIpc) is 3.45. The average molecular weight is 422 g/mol. The van der Waals surface area contributed by atoms with Gasteiger partial charge in [0.1, 0.15) is 12.1 Å². The molecule has 2 aromatic carbocycles. The van der Waals surface area contributed by atoms with Crippen molar-refractivity contribution in [1.29, 1.82) is 0 Å². The quantitative estimate of drug-likeness (QED) is 0.511. The van der Waals surface area contributed by atoms with Crippen LogP contribution in [-0.4, -0.2) is 25.7 Å². The number of fused-ring (bicyclic) bond motifs is 1. The highest BCUT2D eigenvalue weighted by molar-refractivity contribution is 7.86. The van der Waals surface area contributed by atoms with Gasteiger partial charge in [-0.15, -0.1) is 11.3 Å². The normalized spacial score (nSPS) is 17.5. The van der Waals surface area contributed by atoms with E-state index in [4.69, 9.17) is 0 Å². The Kier molecular flexibility index (Phi) is 4.95. The third-order valence-electron chi connectivity index (χ3n) is 5.12. The molecule has 1 aliphatic rings. The second kappa shape index (κ2) is 7.88. The minimum absolute atomic E-state index is 0.315. The molecular weight excluding hydrogens is 402 g/mol. The summed E-state index contributed by atoms with van der Waals surface area (Å²) in [6.07, 6.45) is 5.52. The van der Waals surface area contributed by atoms with Crippen LogP contribution in [-0.2, 0) is 11.0 Å². The summed E-state index contributed by atoms with van der Waals surface area (Å²) in [5, 5.41) is 3.46. The fraction of sp³-hybridized carbons (Fsp3) is 0.190. The molecule has 2 unspecified atom stereocenters. The fourth-order valence-corrected chi connectivity index (χ4v) is 5.35. The van der Waals surface area contributed by atoms with Crippen LogP contribution in [0.4, 0.5) is 10.9 Å². The summed E-state index contributed by atoms with van der Waals surface area (Å²) in [5.41, 5.74) is 2.10. The second-order valence-electron chi connectivity index (χ2n) is 6.85. The summed E-state index contributed by atoms with van der Waals surface area (Å²) in [5.74, 6) is 0.937. The lowest BCUT2D eigenvalue weighted by atomic mass is 10.0. The molecule has 1 fully saturated rings. The molecule has 1 aliphatic heterocycles. The van der Waals surface area contributed by atoms with Crippen LogP contribution in [0.3, 0.4) is 0 Å². The van der Waals surface area contributed by atoms with E-state index in [-0.39, 0.29) is 0 Å². The summed E-state index contributed by atoms with van der Waals surface area (Å²) in [6, 6.07) is 16.6. The molecule has 0 spiro atoms. The number of nitrogens with zero attached hydrogens (tertiary/aromatic N) is 4. The Labute approximate surface area is 175 Å². The van der Waals surface area contributed by atoms with E-state index in [0.29, 0.717) is 16.1 Å². The molecule has 1 saturated heterocycles. The van der Waals surface area contributed by atoms with Crippen LogP contribution in [0.2, 0.25) is 0 Å². The fourth-order valence-electron chi connectivity index (χ4n) is 3.82. The molecule has 2 atom stereocenters. The summed E-state index contributed by atoms with van der Waals surface area (Å²) >= 11 is 1.42. The summed E-state index contributed by atoms with van der Waals surface area (Å²) < 4.78 is 15.6. The Bertz CT molecular complexity index is 1150. The molecule has 5 rings (SSSR count). The molecule has 29 heavy (non-hydrogen) atoms. The van der Waals surface area contributed by atoms with Crippen LogP contribution in [0.5, 0.6) is 0 Å². The minimum Gasteiger partial charge on any atom is -0.349 e. The number of thiazole rings is 1. The molecule has 3 heterocycles. The van der Waals surface area contributed by atoms with Gasteiger partial charge < -0.3 is 4.90 Å². The van der Waals surface area contributed by atoms with Gasteiger partial charge in [-0.3, -0.25) is 4.72 Å². The smallest absolute Gasteiger partial charge is 0.194 e. The molecule has 146 valence electrons. The van der Waals surface area contributed by atoms with Gasteiger partial charge in [-0.2, -0.15) is 0 Å². The van der Waals surface area contributed by atoms with E-state index in [1.54, 1.807) is 12.5 Å². The van der Waals surface area contributed by atoms with Gasteiger partial charge in [0.2, 0.25) is 0 Å². The highest BCUT2D eigenvalue weighted by Gasteiger charge is 2.28. The summed E-state index contributed by atoms with van der Waals surface area (Å²) in [7, 11) is -1.39. The number of aromatic nitrogens is 3. The maximum atomic E-state index is 12.6. The molecule has 0 bridgehead atoms. The van der Waals surface area contributed by atoms with Crippen molar-refractivity contribution in [2.75, 3.05) is 16.2 Å². The maximum absolute atomic E-state index is 12.6. The van der Waals surface area contributed by atoms with Crippen molar-refractivity contribution in [3.63, 3.8) is 0 Å². The lowest BCUT2D eigenvalue weighted by molar-refractivity contribution is 0.686. The third-order valence-corrected chi connectivity index (χ3v) is 7.00. The predicted molar refractivity (Wildman–Crippen MR) is 117 cm³/mol. The van der Waals surface area contributed by atoms with Gasteiger partial charge in [0.25, 0.3) is 0 Å². The Morgan fingerprint density at radius 1 is 1.10 bits per heavy atom. The first-order chi connectivity index (χ1) is 14.3. The van der Waals surface area contributed by atoms with Crippen LogP contribution >= 0.6 is 11.3 Å². The van der Waals surface area contributed by atoms with Crippen molar-refractivity contribution >= 4 is 44.2 Å². The molecule has 4 aromatic rings. The highest BCUT2D eigenvalue weighted by Crippen LogP contribution is 2.38. The van der Waals surface area contributed by atoms with Gasteiger partial charge in [0, 0.05) is 23.5 Å². The topological polar surface area (TPSA) is 71.0 Å². The molecule has 2 aromatic heterocycles. The minimum atomic E-state index is -1.39. The lowest BCUT2D eigenvalue weighted by Crippen LogP contribution is -2.23. The van der Waals surface area contributed by atoms with Crippen LogP contribution in [0, 0.1) is 0 Å². The summed E-state index contributed by atoms with van der Waals surface area (Å²) in [4.78, 5) is 16.2. The Balaban J connectivity index is 1.48. The molecule has 0 aliphatic carbocycles. The number of rotatable bonds is 5. The SMILES string of the molecule is O=S(Nc1nccs1)c1ccc2c(N3CCCC3c3ccccc3)ncnc2c1. The van der Waals surface area contributed by atoms with E-state index >= 15 is 0 Å². The van der Waals surface area contributed by atoms with Crippen molar-refractivity contribution < 1.29 is 4.21 Å². The predicted octanol–water partition coefficient (Wildman–Crippen LogP) is 4.56. The molecular formula is C21H19N5OS2. The van der Waals surface area contributed by atoms with Crippen molar-refractivity contribution in [2.45, 2.75) is 23.8 Å². The number of benzene rings is 2. The van der Waals surface area contributed by atoms with Crippen molar-refractivity contribution in [2.24, 2.45) is 0 Å². The van der Waals surface area contributed by atoms with E-state index < -0.39 is 11.0 Å². The van der Waals surface area contributed by atoms with Gasteiger partial charge in [-0.05, 0) is 36.6 Å². The lowest BCUT2D eigenvalue weighted by Gasteiger charge is -2.27. The molecule has 0 radical (unpaired) electrons. The zero-order chi connectivity index (χ0) is 19.6. The van der Waals surface area contributed by atoms with Gasteiger partial charge in [-0.1, -0.05) is 30.3 Å². The van der Waals surface area contributed by atoms with Crippen LogP contribution in [0.1, 0.15) is 24.4 Å². The van der Waals surface area contributed by atoms with Gasteiger partial charge in [-0.25, -0.2) is 19.2 Å². The van der Waals surface area contributed by atoms with Crippen LogP contribution in [0.25, 0.3) is 10.9 Å². The number of hydrogen-bond donors (Lipinski definition) is 1. The van der Waals surface area contributed by atoms with E-state index in [2.05, 4.69) is 48.8 Å². The van der Waals surface area contributed by atoms with Gasteiger partial charge in [0.05, 0.1) is 16.5 Å². The monoisotopic (exact) mass is 421 g/mol. The van der Waals surface area contributed by atoms with E-state index in [0.717, 1.165) is 36.1 Å². The highest BCUT2D eigenvalue weighted by atomic mass is 32.2. The first-order valence-corrected chi connectivity index (χ1v) is 11.5. The zero-order valence-corrected chi connectivity index (χ0v) is 17.2. The molecule has 6 nitrogen and oxygen atoms in total. The zero-order valence-electron chi connectivity index (χ0n) is 15.6. The third kappa shape index (κ3) is 3.61.